The number of amides is 1. The smallest absolute Gasteiger partial charge is 0.241 e. The van der Waals surface area contributed by atoms with Crippen molar-refractivity contribution >= 4 is 11.6 Å². The molecular formula is C13H22N4O. The Hall–Kier alpha value is -1.52. The minimum atomic E-state index is 0.0184. The highest BCUT2D eigenvalue weighted by Gasteiger charge is 2.25. The molecule has 18 heavy (non-hydrogen) atoms. The average Bonchev–Trinajstić information content (AvgIpc) is 2.69. The maximum Gasteiger partial charge on any atom is 0.241 e. The van der Waals surface area contributed by atoms with E-state index in [1.807, 2.05) is 0 Å². The van der Waals surface area contributed by atoms with E-state index in [1.54, 1.807) is 17.1 Å². The van der Waals surface area contributed by atoms with Crippen LogP contribution in [0.3, 0.4) is 0 Å². The Labute approximate surface area is 108 Å². The van der Waals surface area contributed by atoms with Crippen LogP contribution in [-0.4, -0.2) is 21.7 Å². The van der Waals surface area contributed by atoms with Crippen molar-refractivity contribution in [1.29, 1.82) is 0 Å². The molecule has 1 aromatic heterocycles. The number of nitrogens with one attached hydrogen (secondary N) is 1. The van der Waals surface area contributed by atoms with Crippen molar-refractivity contribution in [1.82, 2.24) is 15.1 Å². The molecule has 5 heteroatoms. The van der Waals surface area contributed by atoms with Crippen molar-refractivity contribution in [2.75, 3.05) is 5.73 Å². The number of aromatic nitrogens is 2. The molecule has 1 amide bonds. The molecule has 3 N–H and O–H groups in total. The quantitative estimate of drug-likeness (QED) is 0.851. The first-order chi connectivity index (χ1) is 8.54. The number of rotatable bonds is 3. The first kappa shape index (κ1) is 12.9. The van der Waals surface area contributed by atoms with Crippen LogP contribution in [0.5, 0.6) is 0 Å². The van der Waals surface area contributed by atoms with Crippen LogP contribution in [0.4, 0.5) is 5.69 Å². The molecular weight excluding hydrogens is 228 g/mol. The molecule has 1 heterocycles. The molecule has 3 unspecified atom stereocenters. The summed E-state index contributed by atoms with van der Waals surface area (Å²) in [5.41, 5.74) is 6.14. The lowest BCUT2D eigenvalue weighted by atomic mass is 9.79. The molecule has 0 saturated heterocycles. The van der Waals surface area contributed by atoms with Gasteiger partial charge < -0.3 is 11.1 Å². The first-order valence-electron chi connectivity index (χ1n) is 6.62. The first-order valence-corrected chi connectivity index (χ1v) is 6.62. The summed E-state index contributed by atoms with van der Waals surface area (Å²) < 4.78 is 1.57. The Morgan fingerprint density at radius 1 is 1.50 bits per heavy atom. The van der Waals surface area contributed by atoms with Gasteiger partial charge >= 0.3 is 0 Å². The molecule has 1 aliphatic carbocycles. The fourth-order valence-corrected chi connectivity index (χ4v) is 2.57. The van der Waals surface area contributed by atoms with Crippen molar-refractivity contribution < 1.29 is 4.79 Å². The van der Waals surface area contributed by atoms with E-state index in [0.29, 0.717) is 17.6 Å². The van der Waals surface area contributed by atoms with Gasteiger partial charge in [-0.1, -0.05) is 13.8 Å². The van der Waals surface area contributed by atoms with Crippen molar-refractivity contribution in [3.63, 3.8) is 0 Å². The summed E-state index contributed by atoms with van der Waals surface area (Å²) in [4.78, 5) is 11.9. The van der Waals surface area contributed by atoms with Crippen LogP contribution in [0.15, 0.2) is 12.4 Å². The van der Waals surface area contributed by atoms with E-state index in [9.17, 15) is 4.79 Å². The third-order valence-corrected chi connectivity index (χ3v) is 3.92. The summed E-state index contributed by atoms with van der Waals surface area (Å²) in [6.07, 6.45) is 6.58. The van der Waals surface area contributed by atoms with Gasteiger partial charge in [-0.3, -0.25) is 9.48 Å². The van der Waals surface area contributed by atoms with Gasteiger partial charge in [0.2, 0.25) is 5.91 Å². The van der Waals surface area contributed by atoms with Crippen LogP contribution in [0.25, 0.3) is 0 Å². The second-order valence-corrected chi connectivity index (χ2v) is 5.50. The lowest BCUT2D eigenvalue weighted by molar-refractivity contribution is -0.122. The van der Waals surface area contributed by atoms with Gasteiger partial charge in [-0.2, -0.15) is 5.10 Å². The summed E-state index contributed by atoms with van der Waals surface area (Å²) in [6.45, 7) is 4.80. The maximum absolute atomic E-state index is 11.9. The third-order valence-electron chi connectivity index (χ3n) is 3.92. The molecule has 0 spiro atoms. The SMILES string of the molecule is CC1CCC(NC(=O)Cn2cc(N)cn2)CC1C. The van der Waals surface area contributed by atoms with Crippen LogP contribution in [0.2, 0.25) is 0 Å². The molecule has 2 rings (SSSR count). The number of hydrogen-bond donors (Lipinski definition) is 2. The van der Waals surface area contributed by atoms with Gasteiger partial charge in [0.25, 0.3) is 0 Å². The highest BCUT2D eigenvalue weighted by molar-refractivity contribution is 5.76. The highest BCUT2D eigenvalue weighted by Crippen LogP contribution is 2.29. The Morgan fingerprint density at radius 2 is 2.28 bits per heavy atom. The summed E-state index contributed by atoms with van der Waals surface area (Å²) in [7, 11) is 0. The van der Waals surface area contributed by atoms with Crippen molar-refractivity contribution in [3.8, 4) is 0 Å². The standard InChI is InChI=1S/C13H22N4O/c1-9-3-4-12(5-10(9)2)16-13(18)8-17-7-11(14)6-15-17/h6-7,9-10,12H,3-5,8,14H2,1-2H3,(H,16,18). The topological polar surface area (TPSA) is 72.9 Å². The van der Waals surface area contributed by atoms with Gasteiger partial charge in [0.15, 0.2) is 0 Å². The molecule has 1 fully saturated rings. The molecule has 0 aliphatic heterocycles. The lowest BCUT2D eigenvalue weighted by Gasteiger charge is -2.32. The number of carbonyl (C=O) groups excluding carboxylic acids is 1. The number of nitrogens with zero attached hydrogens (tertiary/aromatic N) is 2. The second kappa shape index (κ2) is 5.42. The van der Waals surface area contributed by atoms with Gasteiger partial charge in [0, 0.05) is 12.2 Å². The van der Waals surface area contributed by atoms with Gasteiger partial charge in [0.05, 0.1) is 11.9 Å². The molecule has 1 saturated carbocycles. The van der Waals surface area contributed by atoms with E-state index in [1.165, 1.54) is 6.42 Å². The highest BCUT2D eigenvalue weighted by atomic mass is 16.2. The molecule has 5 nitrogen and oxygen atoms in total. The van der Waals surface area contributed by atoms with E-state index in [2.05, 4.69) is 24.3 Å². The second-order valence-electron chi connectivity index (χ2n) is 5.50. The normalized spacial score (nSPS) is 28.0. The number of nitrogens with two attached hydrogens (primary N) is 1. The fourth-order valence-electron chi connectivity index (χ4n) is 2.57. The molecule has 1 aromatic rings. The number of hydrogen-bond acceptors (Lipinski definition) is 3. The van der Waals surface area contributed by atoms with E-state index in [-0.39, 0.29) is 12.5 Å². The largest absolute Gasteiger partial charge is 0.396 e. The van der Waals surface area contributed by atoms with Crippen LogP contribution >= 0.6 is 0 Å². The Kier molecular flexibility index (Phi) is 3.89. The summed E-state index contributed by atoms with van der Waals surface area (Å²) in [5, 5.41) is 7.09. The minimum absolute atomic E-state index is 0.0184. The van der Waals surface area contributed by atoms with E-state index >= 15 is 0 Å². The van der Waals surface area contributed by atoms with E-state index in [0.717, 1.165) is 18.8 Å². The van der Waals surface area contributed by atoms with E-state index < -0.39 is 0 Å². The third kappa shape index (κ3) is 3.24. The monoisotopic (exact) mass is 250 g/mol. The summed E-state index contributed by atoms with van der Waals surface area (Å²) in [6, 6.07) is 0.316. The van der Waals surface area contributed by atoms with Gasteiger partial charge in [-0.05, 0) is 31.1 Å². The molecule has 100 valence electrons. The van der Waals surface area contributed by atoms with Crippen molar-refractivity contribution in [2.45, 2.75) is 45.7 Å². The predicted molar refractivity (Wildman–Crippen MR) is 70.7 cm³/mol. The zero-order valence-corrected chi connectivity index (χ0v) is 11.1. The Bertz CT molecular complexity index is 415. The molecule has 0 aromatic carbocycles. The predicted octanol–water partition coefficient (Wildman–Crippen LogP) is 1.41. The summed E-state index contributed by atoms with van der Waals surface area (Å²) in [5.74, 6) is 1.47. The zero-order valence-electron chi connectivity index (χ0n) is 11.1. The van der Waals surface area contributed by atoms with E-state index in [4.69, 9.17) is 5.73 Å². The Balaban J connectivity index is 1.81. The summed E-state index contributed by atoms with van der Waals surface area (Å²) >= 11 is 0. The fraction of sp³-hybridized carbons (Fsp3) is 0.692. The van der Waals surface area contributed by atoms with Crippen molar-refractivity contribution in [2.24, 2.45) is 11.8 Å². The average molecular weight is 250 g/mol. The van der Waals surface area contributed by atoms with Gasteiger partial charge in [0.1, 0.15) is 6.54 Å². The van der Waals surface area contributed by atoms with Crippen LogP contribution in [-0.2, 0) is 11.3 Å². The van der Waals surface area contributed by atoms with Crippen molar-refractivity contribution in [3.05, 3.63) is 12.4 Å². The molecule has 3 atom stereocenters. The lowest BCUT2D eigenvalue weighted by Crippen LogP contribution is -2.41. The molecule has 1 aliphatic rings. The number of carbonyl (C=O) groups is 1. The molecule has 0 bridgehead atoms. The van der Waals surface area contributed by atoms with Crippen LogP contribution in [0, 0.1) is 11.8 Å². The maximum atomic E-state index is 11.9. The van der Waals surface area contributed by atoms with Crippen LogP contribution < -0.4 is 11.1 Å². The number of nitrogen functional groups attached to an aromatic ring is 1. The molecule has 0 radical (unpaired) electrons. The van der Waals surface area contributed by atoms with Gasteiger partial charge in [-0.15, -0.1) is 0 Å². The van der Waals surface area contributed by atoms with Gasteiger partial charge in [-0.25, -0.2) is 0 Å². The zero-order chi connectivity index (χ0) is 13.1. The minimum Gasteiger partial charge on any atom is -0.396 e. The van der Waals surface area contributed by atoms with Crippen LogP contribution in [0.1, 0.15) is 33.1 Å². The Morgan fingerprint density at radius 3 is 2.89 bits per heavy atom. The number of anilines is 1.